The number of ketones is 2. The van der Waals surface area contributed by atoms with Gasteiger partial charge in [-0.15, -0.1) is 0 Å². The Morgan fingerprint density at radius 2 is 2.16 bits per heavy atom. The van der Waals surface area contributed by atoms with Gasteiger partial charge < -0.3 is 30.2 Å². The Balaban J connectivity index is 1.49. The van der Waals surface area contributed by atoms with Crippen molar-refractivity contribution in [1.82, 2.24) is 15.1 Å². The van der Waals surface area contributed by atoms with Crippen molar-refractivity contribution in [1.29, 1.82) is 0 Å². The van der Waals surface area contributed by atoms with Crippen LogP contribution in [0.1, 0.15) is 26.2 Å². The van der Waals surface area contributed by atoms with Crippen molar-refractivity contribution in [2.24, 2.45) is 17.6 Å². The van der Waals surface area contributed by atoms with E-state index in [1.807, 2.05) is 4.90 Å². The van der Waals surface area contributed by atoms with Gasteiger partial charge in [0, 0.05) is 37.9 Å². The summed E-state index contributed by atoms with van der Waals surface area (Å²) in [4.78, 5) is 43.6. The first kappa shape index (κ1) is 19.7. The summed E-state index contributed by atoms with van der Waals surface area (Å²) in [5, 5.41) is 3.38. The van der Waals surface area contributed by atoms with E-state index in [1.54, 1.807) is 14.0 Å². The van der Waals surface area contributed by atoms with Crippen LogP contribution in [-0.2, 0) is 23.8 Å². The molecule has 0 aromatic carbocycles. The number of piperazine rings is 1. The molecule has 4 fully saturated rings. The number of hydrogen-bond acceptors (Lipinski definition) is 9. The zero-order chi connectivity index (χ0) is 21.7. The molecular weight excluding hydrogens is 404 g/mol. The molecule has 10 nitrogen and oxygen atoms in total. The highest BCUT2D eigenvalue weighted by Gasteiger charge is 2.76. The van der Waals surface area contributed by atoms with Crippen LogP contribution in [0.2, 0.25) is 0 Å². The molecule has 1 spiro atoms. The molecule has 6 rings (SSSR count). The fourth-order valence-electron chi connectivity index (χ4n) is 6.97. The van der Waals surface area contributed by atoms with Crippen LogP contribution in [0, 0.1) is 11.8 Å². The number of carbonyl (C=O) groups excluding carboxylic acids is 3. The number of nitrogens with zero attached hydrogens (tertiary/aromatic N) is 2. The number of amides is 1. The van der Waals surface area contributed by atoms with Gasteiger partial charge in [-0.2, -0.15) is 0 Å². The van der Waals surface area contributed by atoms with E-state index in [1.165, 1.54) is 0 Å². The second kappa shape index (κ2) is 6.28. The molecule has 6 aliphatic rings. The lowest BCUT2D eigenvalue weighted by Gasteiger charge is -2.45. The summed E-state index contributed by atoms with van der Waals surface area (Å²) in [7, 11) is 1.58. The number of piperidine rings is 1. The average Bonchev–Trinajstić information content (AvgIpc) is 3.19. The number of allylic oxidation sites excluding steroid dienone is 1. The highest BCUT2D eigenvalue weighted by molar-refractivity contribution is 6.18. The molecule has 5 aliphatic heterocycles. The largest absolute Gasteiger partial charge is 0.449 e. The van der Waals surface area contributed by atoms with Gasteiger partial charge in [-0.05, 0) is 12.8 Å². The standard InChI is InChI=1S/C21H28N4O6/c1-10-16(26)15-14(18(27)20(10)24-6-4-3-5-11(24)8-31-20)12(9-30-19(22)28)21(29-2)17-13(23-17)7-25(15)21/h10-13,17,23H,3-9H2,1-2H3,(H2,22,28)/t10?,11-,12-,13+,17+,20?,21-/m1/s1. The van der Waals surface area contributed by atoms with E-state index < -0.39 is 29.4 Å². The Labute approximate surface area is 180 Å². The van der Waals surface area contributed by atoms with Gasteiger partial charge in [-0.1, -0.05) is 13.3 Å². The van der Waals surface area contributed by atoms with Crippen LogP contribution in [0.3, 0.4) is 0 Å². The lowest BCUT2D eigenvalue weighted by molar-refractivity contribution is -0.171. The Morgan fingerprint density at radius 1 is 1.35 bits per heavy atom. The number of methoxy groups -OCH3 is 1. The van der Waals surface area contributed by atoms with E-state index in [4.69, 9.17) is 19.9 Å². The van der Waals surface area contributed by atoms with E-state index in [2.05, 4.69) is 10.2 Å². The molecule has 5 heterocycles. The SMILES string of the molecule is CO[C@@]12[C@H](COC(N)=O)C3=C(C(=O)C(C)C4(OC[C@H]5CCCCN54)C3=O)N1C[C@@H]1N[C@@H]12. The van der Waals surface area contributed by atoms with Crippen molar-refractivity contribution in [3.63, 3.8) is 0 Å². The van der Waals surface area contributed by atoms with Gasteiger partial charge in [0.2, 0.25) is 5.78 Å². The van der Waals surface area contributed by atoms with Crippen LogP contribution in [0.15, 0.2) is 11.3 Å². The van der Waals surface area contributed by atoms with Crippen molar-refractivity contribution in [3.8, 4) is 0 Å². The van der Waals surface area contributed by atoms with Crippen LogP contribution in [0.25, 0.3) is 0 Å². The molecule has 2 unspecified atom stereocenters. The molecule has 7 atom stereocenters. The Morgan fingerprint density at radius 3 is 2.90 bits per heavy atom. The summed E-state index contributed by atoms with van der Waals surface area (Å²) in [5.41, 5.74) is 3.78. The van der Waals surface area contributed by atoms with Gasteiger partial charge >= 0.3 is 6.09 Å². The summed E-state index contributed by atoms with van der Waals surface area (Å²) >= 11 is 0. The number of nitrogens with one attached hydrogen (secondary N) is 1. The number of fused-ring (bicyclic) bond motifs is 6. The number of rotatable bonds is 3. The van der Waals surface area contributed by atoms with Crippen molar-refractivity contribution in [3.05, 3.63) is 11.3 Å². The predicted molar refractivity (Wildman–Crippen MR) is 105 cm³/mol. The van der Waals surface area contributed by atoms with E-state index in [-0.39, 0.29) is 36.3 Å². The average molecular weight is 432 g/mol. The molecule has 0 saturated carbocycles. The molecule has 0 radical (unpaired) electrons. The fraction of sp³-hybridized carbons (Fsp3) is 0.762. The van der Waals surface area contributed by atoms with Gasteiger partial charge in [0.15, 0.2) is 17.2 Å². The molecule has 0 aromatic rings. The summed E-state index contributed by atoms with van der Waals surface area (Å²) < 4.78 is 17.5. The first-order valence-corrected chi connectivity index (χ1v) is 11.1. The van der Waals surface area contributed by atoms with Gasteiger partial charge in [0.1, 0.15) is 6.61 Å². The Kier molecular flexibility index (Phi) is 3.98. The van der Waals surface area contributed by atoms with E-state index in [0.29, 0.717) is 24.4 Å². The van der Waals surface area contributed by atoms with Crippen LogP contribution in [0.5, 0.6) is 0 Å². The molecular formula is C21H28N4O6. The third-order valence-electron chi connectivity index (χ3n) is 8.36. The first-order valence-electron chi connectivity index (χ1n) is 11.1. The molecule has 1 aliphatic carbocycles. The topological polar surface area (TPSA) is 133 Å². The molecule has 0 aromatic heterocycles. The maximum atomic E-state index is 14.3. The van der Waals surface area contributed by atoms with Crippen molar-refractivity contribution >= 4 is 17.7 Å². The monoisotopic (exact) mass is 432 g/mol. The molecule has 168 valence electrons. The lowest BCUT2D eigenvalue weighted by atomic mass is 9.73. The quantitative estimate of drug-likeness (QED) is 0.557. The van der Waals surface area contributed by atoms with Gasteiger partial charge in [0.25, 0.3) is 0 Å². The van der Waals surface area contributed by atoms with Crippen LogP contribution < -0.4 is 11.1 Å². The molecule has 10 heteroatoms. The summed E-state index contributed by atoms with van der Waals surface area (Å²) in [6.45, 7) is 3.41. The summed E-state index contributed by atoms with van der Waals surface area (Å²) in [6.07, 6.45) is 2.10. The first-order chi connectivity index (χ1) is 14.9. The highest BCUT2D eigenvalue weighted by Crippen LogP contribution is 2.58. The maximum absolute atomic E-state index is 14.3. The maximum Gasteiger partial charge on any atom is 0.404 e. The summed E-state index contributed by atoms with van der Waals surface area (Å²) in [5.74, 6) is -1.56. The van der Waals surface area contributed by atoms with E-state index in [9.17, 15) is 14.4 Å². The second-order valence-corrected chi connectivity index (χ2v) is 9.53. The summed E-state index contributed by atoms with van der Waals surface area (Å²) in [6, 6.07) is 0.263. The third-order valence-corrected chi connectivity index (χ3v) is 8.36. The van der Waals surface area contributed by atoms with Gasteiger partial charge in [-0.25, -0.2) is 4.79 Å². The van der Waals surface area contributed by atoms with Gasteiger partial charge in [0.05, 0.1) is 30.2 Å². The number of Topliss-reactive ketones (excluding diaryl/α,β-unsaturated/α-hetero) is 2. The van der Waals surface area contributed by atoms with Gasteiger partial charge in [-0.3, -0.25) is 14.5 Å². The number of hydrogen-bond donors (Lipinski definition) is 2. The number of primary amides is 1. The zero-order valence-electron chi connectivity index (χ0n) is 17.8. The minimum absolute atomic E-state index is 0.0522. The number of ether oxygens (including phenoxy) is 3. The number of carbonyl (C=O) groups is 3. The molecule has 1 amide bonds. The third kappa shape index (κ3) is 2.19. The molecule has 3 N–H and O–H groups in total. The predicted octanol–water partition coefficient (Wildman–Crippen LogP) is -0.667. The Hall–Kier alpha value is -2.01. The molecule has 0 bridgehead atoms. The minimum Gasteiger partial charge on any atom is -0.449 e. The highest BCUT2D eigenvalue weighted by atomic mass is 16.6. The zero-order valence-corrected chi connectivity index (χ0v) is 17.8. The number of nitrogens with two attached hydrogens (primary N) is 1. The molecule has 31 heavy (non-hydrogen) atoms. The van der Waals surface area contributed by atoms with Crippen LogP contribution in [-0.4, -0.2) is 90.4 Å². The van der Waals surface area contributed by atoms with Crippen LogP contribution in [0.4, 0.5) is 4.79 Å². The second-order valence-electron chi connectivity index (χ2n) is 9.53. The van der Waals surface area contributed by atoms with E-state index >= 15 is 0 Å². The van der Waals surface area contributed by atoms with Crippen molar-refractivity contribution in [2.45, 2.75) is 55.8 Å². The molecule has 4 saturated heterocycles. The van der Waals surface area contributed by atoms with E-state index in [0.717, 1.165) is 25.8 Å². The Bertz CT molecular complexity index is 922. The minimum atomic E-state index is -1.29. The smallest absolute Gasteiger partial charge is 0.404 e. The van der Waals surface area contributed by atoms with Crippen molar-refractivity contribution < 1.29 is 28.6 Å². The van der Waals surface area contributed by atoms with Crippen molar-refractivity contribution in [2.75, 3.05) is 33.4 Å². The lowest BCUT2D eigenvalue weighted by Crippen LogP contribution is -2.63. The van der Waals surface area contributed by atoms with Crippen LogP contribution >= 0.6 is 0 Å². The fourth-order valence-corrected chi connectivity index (χ4v) is 6.97. The normalized spacial score (nSPS) is 45.6.